The molecule has 0 spiro atoms. The lowest BCUT2D eigenvalue weighted by atomic mass is 9.99. The molecule has 162 valence electrons. The van der Waals surface area contributed by atoms with E-state index in [0.717, 1.165) is 28.2 Å². The summed E-state index contributed by atoms with van der Waals surface area (Å²) in [6.45, 7) is 0. The lowest BCUT2D eigenvalue weighted by molar-refractivity contribution is 0.0605. The van der Waals surface area contributed by atoms with Crippen LogP contribution < -0.4 is 15.2 Å². The zero-order chi connectivity index (χ0) is 22.2. The van der Waals surface area contributed by atoms with Crippen molar-refractivity contribution < 1.29 is 19.0 Å². The van der Waals surface area contributed by atoms with Crippen molar-refractivity contribution in [3.8, 4) is 11.5 Å². The third-order valence-corrected chi connectivity index (χ3v) is 6.41. The molecular weight excluding hydrogens is 432 g/mol. The second kappa shape index (κ2) is 10.9. The Labute approximate surface area is 190 Å². The Hall–Kier alpha value is -2.97. The van der Waals surface area contributed by atoms with Crippen LogP contribution in [0.1, 0.15) is 32.4 Å². The van der Waals surface area contributed by atoms with Gasteiger partial charge in [0.2, 0.25) is 0 Å². The summed E-state index contributed by atoms with van der Waals surface area (Å²) in [7, 11) is 4.65. The van der Waals surface area contributed by atoms with Crippen molar-refractivity contribution in [2.45, 2.75) is 11.8 Å². The summed E-state index contributed by atoms with van der Waals surface area (Å²) in [5, 5.41) is 2.30. The molecule has 2 aromatic carbocycles. The van der Waals surface area contributed by atoms with Crippen molar-refractivity contribution in [1.29, 1.82) is 0 Å². The number of aliphatic imine (C=N–C) groups is 1. The minimum absolute atomic E-state index is 0.285. The lowest BCUT2D eigenvalue weighted by Crippen LogP contribution is -2.11. The number of nitrogens with two attached hydrogens (primary N) is 1. The Bertz CT molecular complexity index is 983. The quantitative estimate of drug-likeness (QED) is 0.295. The standard InChI is InChI=1S/C23H24N2O4S2/c1-27-18-8-4-15(5-9-18)20(16-6-10-19(28-2)11-7-16)25-23(24)31-14-17-12-13-30-21(17)22(26)29-3/h4-13,20H,14H2,1-3H3,(H2,24,25). The van der Waals surface area contributed by atoms with Gasteiger partial charge >= 0.3 is 5.97 Å². The molecule has 3 aromatic rings. The number of benzene rings is 2. The number of ether oxygens (including phenoxy) is 3. The Morgan fingerprint density at radius 1 is 0.968 bits per heavy atom. The van der Waals surface area contributed by atoms with Crippen LogP contribution in [0.15, 0.2) is 65.0 Å². The van der Waals surface area contributed by atoms with Gasteiger partial charge < -0.3 is 19.9 Å². The van der Waals surface area contributed by atoms with E-state index in [1.54, 1.807) is 14.2 Å². The molecule has 8 heteroatoms. The van der Waals surface area contributed by atoms with E-state index in [4.69, 9.17) is 24.9 Å². The highest BCUT2D eigenvalue weighted by molar-refractivity contribution is 8.13. The van der Waals surface area contributed by atoms with Crippen LogP contribution in [0.25, 0.3) is 0 Å². The number of esters is 1. The first-order chi connectivity index (χ1) is 15.0. The minimum atomic E-state index is -0.338. The predicted molar refractivity (Wildman–Crippen MR) is 126 cm³/mol. The van der Waals surface area contributed by atoms with Gasteiger partial charge in [0.25, 0.3) is 0 Å². The van der Waals surface area contributed by atoms with Crippen LogP contribution in [0.2, 0.25) is 0 Å². The van der Waals surface area contributed by atoms with Crippen LogP contribution in [-0.4, -0.2) is 32.5 Å². The molecule has 0 radical (unpaired) electrons. The van der Waals surface area contributed by atoms with Gasteiger partial charge in [0.15, 0.2) is 5.17 Å². The van der Waals surface area contributed by atoms with E-state index in [2.05, 4.69) is 0 Å². The fourth-order valence-corrected chi connectivity index (χ4v) is 4.61. The monoisotopic (exact) mass is 456 g/mol. The van der Waals surface area contributed by atoms with E-state index in [-0.39, 0.29) is 12.0 Å². The fraction of sp³-hybridized carbons (Fsp3) is 0.217. The molecule has 2 N–H and O–H groups in total. The second-order valence-electron chi connectivity index (χ2n) is 6.47. The van der Waals surface area contributed by atoms with E-state index in [1.165, 1.54) is 30.2 Å². The number of amidine groups is 1. The number of nitrogens with zero attached hydrogens (tertiary/aromatic N) is 1. The van der Waals surface area contributed by atoms with Crippen LogP contribution in [0.4, 0.5) is 0 Å². The summed E-state index contributed by atoms with van der Waals surface area (Å²) in [6, 6.07) is 17.1. The number of thioether (sulfide) groups is 1. The third kappa shape index (κ3) is 5.80. The summed E-state index contributed by atoms with van der Waals surface area (Å²) >= 11 is 2.74. The van der Waals surface area contributed by atoms with Crippen molar-refractivity contribution in [1.82, 2.24) is 0 Å². The zero-order valence-electron chi connectivity index (χ0n) is 17.5. The van der Waals surface area contributed by atoms with E-state index in [1.807, 2.05) is 60.0 Å². The summed E-state index contributed by atoms with van der Waals surface area (Å²) in [5.41, 5.74) is 9.14. The Balaban J connectivity index is 1.84. The molecule has 0 saturated carbocycles. The molecule has 0 unspecified atom stereocenters. The van der Waals surface area contributed by atoms with Crippen LogP contribution in [0.5, 0.6) is 11.5 Å². The molecule has 0 aliphatic heterocycles. The molecule has 0 amide bonds. The lowest BCUT2D eigenvalue weighted by Gasteiger charge is -2.16. The first kappa shape index (κ1) is 22.7. The maximum absolute atomic E-state index is 11.9. The molecule has 1 heterocycles. The minimum Gasteiger partial charge on any atom is -0.497 e. The Morgan fingerprint density at radius 2 is 1.52 bits per heavy atom. The average Bonchev–Trinajstić information content (AvgIpc) is 3.29. The largest absolute Gasteiger partial charge is 0.497 e. The van der Waals surface area contributed by atoms with Crippen LogP contribution in [-0.2, 0) is 10.5 Å². The average molecular weight is 457 g/mol. The van der Waals surface area contributed by atoms with Crippen molar-refractivity contribution in [3.05, 3.63) is 81.5 Å². The first-order valence-electron chi connectivity index (χ1n) is 9.44. The van der Waals surface area contributed by atoms with E-state index < -0.39 is 0 Å². The molecule has 0 aliphatic carbocycles. The molecule has 0 saturated heterocycles. The first-order valence-corrected chi connectivity index (χ1v) is 11.3. The van der Waals surface area contributed by atoms with Gasteiger partial charge in [0.05, 0.1) is 21.3 Å². The molecule has 6 nitrogen and oxygen atoms in total. The van der Waals surface area contributed by atoms with Gasteiger partial charge in [0.1, 0.15) is 22.4 Å². The fourth-order valence-electron chi connectivity index (χ4n) is 2.95. The number of carbonyl (C=O) groups excluding carboxylic acids is 1. The molecule has 0 atom stereocenters. The van der Waals surface area contributed by atoms with Crippen molar-refractivity contribution >= 4 is 34.2 Å². The van der Waals surface area contributed by atoms with Gasteiger partial charge in [-0.05, 0) is 52.4 Å². The predicted octanol–water partition coefficient (Wildman–Crippen LogP) is 4.89. The maximum atomic E-state index is 11.9. The number of rotatable bonds is 8. The highest BCUT2D eigenvalue weighted by Crippen LogP contribution is 2.30. The van der Waals surface area contributed by atoms with Gasteiger partial charge in [-0.3, -0.25) is 0 Å². The summed E-state index contributed by atoms with van der Waals surface area (Å²) in [5.74, 6) is 1.74. The van der Waals surface area contributed by atoms with Gasteiger partial charge in [0, 0.05) is 5.75 Å². The molecule has 0 bridgehead atoms. The number of carbonyl (C=O) groups is 1. The second-order valence-corrected chi connectivity index (χ2v) is 8.38. The maximum Gasteiger partial charge on any atom is 0.348 e. The van der Waals surface area contributed by atoms with Gasteiger partial charge in [-0.2, -0.15) is 0 Å². The number of methoxy groups -OCH3 is 3. The molecule has 0 aliphatic rings. The highest BCUT2D eigenvalue weighted by Gasteiger charge is 2.17. The Kier molecular flexibility index (Phi) is 7.97. The SMILES string of the molecule is COC(=O)c1sccc1CSC(N)=NC(c1ccc(OC)cc1)c1ccc(OC)cc1. The normalized spacial score (nSPS) is 11.4. The van der Waals surface area contributed by atoms with Crippen LogP contribution in [0.3, 0.4) is 0 Å². The number of hydrogen-bond acceptors (Lipinski definition) is 7. The van der Waals surface area contributed by atoms with Crippen molar-refractivity contribution in [2.75, 3.05) is 21.3 Å². The van der Waals surface area contributed by atoms with Crippen molar-refractivity contribution in [3.63, 3.8) is 0 Å². The van der Waals surface area contributed by atoms with Gasteiger partial charge in [-0.1, -0.05) is 36.0 Å². The van der Waals surface area contributed by atoms with E-state index in [0.29, 0.717) is 15.8 Å². The topological polar surface area (TPSA) is 83.1 Å². The highest BCUT2D eigenvalue weighted by atomic mass is 32.2. The van der Waals surface area contributed by atoms with E-state index in [9.17, 15) is 4.79 Å². The molecular formula is C23H24N2O4S2. The summed E-state index contributed by atoms with van der Waals surface area (Å²) < 4.78 is 15.4. The molecule has 31 heavy (non-hydrogen) atoms. The third-order valence-electron chi connectivity index (χ3n) is 4.61. The molecule has 1 aromatic heterocycles. The molecule has 0 fully saturated rings. The molecule has 3 rings (SSSR count). The van der Waals surface area contributed by atoms with Crippen molar-refractivity contribution in [2.24, 2.45) is 10.7 Å². The zero-order valence-corrected chi connectivity index (χ0v) is 19.2. The van der Waals surface area contributed by atoms with Gasteiger partial charge in [-0.15, -0.1) is 11.3 Å². The summed E-state index contributed by atoms with van der Waals surface area (Å²) in [6.07, 6.45) is 0. The van der Waals surface area contributed by atoms with Crippen LogP contribution in [0, 0.1) is 0 Å². The smallest absolute Gasteiger partial charge is 0.348 e. The summed E-state index contributed by atoms with van der Waals surface area (Å²) in [4.78, 5) is 17.3. The van der Waals surface area contributed by atoms with Gasteiger partial charge in [-0.25, -0.2) is 9.79 Å². The number of thiophene rings is 1. The Morgan fingerprint density at radius 3 is 2.00 bits per heavy atom. The number of hydrogen-bond donors (Lipinski definition) is 1. The van der Waals surface area contributed by atoms with Crippen LogP contribution >= 0.6 is 23.1 Å². The van der Waals surface area contributed by atoms with E-state index >= 15 is 0 Å².